The molecule has 0 bridgehead atoms. The second kappa shape index (κ2) is 41.3. The fraction of sp³-hybridized carbons (Fsp3) is 0.714. The van der Waals surface area contributed by atoms with Gasteiger partial charge in [0, 0.05) is 0 Å². The zero-order valence-electron chi connectivity index (χ0n) is 44.7. The Morgan fingerprint density at radius 1 is 0.269 bits per heavy atom. The van der Waals surface area contributed by atoms with Gasteiger partial charge in [0.2, 0.25) is 0 Å². The van der Waals surface area contributed by atoms with Gasteiger partial charge in [-0.25, -0.2) is 0 Å². The average molecular weight is 942 g/mol. The Balaban J connectivity index is 1.89. The van der Waals surface area contributed by atoms with E-state index in [9.17, 15) is 0 Å². The van der Waals surface area contributed by atoms with E-state index < -0.39 is 8.60 Å². The quantitative estimate of drug-likeness (QED) is 0.0417. The molecule has 0 N–H and O–H groups in total. The Kier molecular flexibility index (Phi) is 36.2. The van der Waals surface area contributed by atoms with E-state index in [1.54, 1.807) is 0 Å². The van der Waals surface area contributed by atoms with Gasteiger partial charge in [0.1, 0.15) is 17.2 Å². The first-order valence-electron chi connectivity index (χ1n) is 29.3. The van der Waals surface area contributed by atoms with Crippen molar-refractivity contribution in [2.75, 3.05) is 0 Å². The van der Waals surface area contributed by atoms with E-state index in [2.05, 4.69) is 95.3 Å². The molecular weight excluding hydrogens is 836 g/mol. The van der Waals surface area contributed by atoms with Gasteiger partial charge in [-0.15, -0.1) is 0 Å². The largest absolute Gasteiger partial charge is 0.530 e. The van der Waals surface area contributed by atoms with E-state index in [1.807, 2.05) is 0 Å². The molecule has 0 unspecified atom stereocenters. The second-order valence-electron chi connectivity index (χ2n) is 20.4. The maximum Gasteiger partial charge on any atom is 0.530 e. The van der Waals surface area contributed by atoms with Crippen molar-refractivity contribution >= 4 is 8.60 Å². The lowest BCUT2D eigenvalue weighted by molar-refractivity contribution is 0.383. The molecule has 0 amide bonds. The van der Waals surface area contributed by atoms with Crippen LogP contribution in [0.15, 0.2) is 60.7 Å². The lowest BCUT2D eigenvalue weighted by Crippen LogP contribution is -2.06. The van der Waals surface area contributed by atoms with Crippen LogP contribution in [-0.2, 0) is 32.1 Å². The Morgan fingerprint density at radius 2 is 0.537 bits per heavy atom. The molecular formula is C63H105O3P. The molecule has 0 aliphatic heterocycles. The van der Waals surface area contributed by atoms with Crippen molar-refractivity contribution in [3.05, 3.63) is 88.5 Å². The summed E-state index contributed by atoms with van der Waals surface area (Å²) in [5.41, 5.74) is 6.70. The summed E-state index contributed by atoms with van der Waals surface area (Å²) >= 11 is 0. The third-order valence-corrected chi connectivity index (χ3v) is 15.1. The minimum Gasteiger partial charge on any atom is -0.409 e. The molecule has 0 fully saturated rings. The fourth-order valence-electron chi connectivity index (χ4n) is 9.52. The summed E-state index contributed by atoms with van der Waals surface area (Å²) in [6.45, 7) is 11.5. The van der Waals surface area contributed by atoms with Crippen LogP contribution in [0.1, 0.15) is 287 Å². The summed E-state index contributed by atoms with van der Waals surface area (Å²) < 4.78 is 21.3. The third-order valence-electron chi connectivity index (χ3n) is 14.0. The molecule has 67 heavy (non-hydrogen) atoms. The van der Waals surface area contributed by atoms with Crippen LogP contribution in [0.2, 0.25) is 0 Å². The molecule has 0 spiro atoms. The number of hydrogen-bond acceptors (Lipinski definition) is 3. The minimum atomic E-state index is -1.78. The summed E-state index contributed by atoms with van der Waals surface area (Å²) in [7, 11) is -1.78. The smallest absolute Gasteiger partial charge is 0.409 e. The van der Waals surface area contributed by atoms with Crippen molar-refractivity contribution in [1.82, 2.24) is 0 Å². The third kappa shape index (κ3) is 29.3. The van der Waals surface area contributed by atoms with Gasteiger partial charge in [0.25, 0.3) is 0 Å². The summed E-state index contributed by atoms with van der Waals surface area (Å²) in [5.74, 6) is 2.75. The number of benzene rings is 3. The SMILES string of the molecule is CCCCCCCCCc1ccc(OP(Oc2cc(CCCCCCCCC)ccc2CCCCCCCCC)Oc2cc(CCCCCCCCC)ccc2CCCCCCCCC)cc1. The zero-order valence-corrected chi connectivity index (χ0v) is 45.6. The maximum atomic E-state index is 7.17. The van der Waals surface area contributed by atoms with E-state index in [1.165, 1.54) is 253 Å². The molecule has 3 rings (SSSR count). The summed E-state index contributed by atoms with van der Waals surface area (Å²) in [6.07, 6.45) is 51.4. The molecule has 0 aromatic heterocycles. The molecule has 0 saturated carbocycles. The molecule has 4 heteroatoms. The molecule has 3 nitrogen and oxygen atoms in total. The summed E-state index contributed by atoms with van der Waals surface area (Å²) in [4.78, 5) is 0. The molecule has 3 aromatic carbocycles. The fourth-order valence-corrected chi connectivity index (χ4v) is 10.6. The molecule has 3 aromatic rings. The highest BCUT2D eigenvalue weighted by atomic mass is 31.2. The normalized spacial score (nSPS) is 11.5. The van der Waals surface area contributed by atoms with Crippen molar-refractivity contribution in [3.63, 3.8) is 0 Å². The van der Waals surface area contributed by atoms with Gasteiger partial charge in [-0.2, -0.15) is 0 Å². The van der Waals surface area contributed by atoms with Crippen LogP contribution in [0.25, 0.3) is 0 Å². The van der Waals surface area contributed by atoms with Crippen molar-refractivity contribution < 1.29 is 13.6 Å². The molecule has 380 valence electrons. The predicted octanol–water partition coefficient (Wildman–Crippen LogP) is 21.9. The van der Waals surface area contributed by atoms with Crippen molar-refractivity contribution in [2.45, 2.75) is 291 Å². The highest BCUT2D eigenvalue weighted by molar-refractivity contribution is 7.43. The van der Waals surface area contributed by atoms with E-state index >= 15 is 0 Å². The van der Waals surface area contributed by atoms with Gasteiger partial charge in [0.15, 0.2) is 0 Å². The lowest BCUT2D eigenvalue weighted by atomic mass is 10.00. The first kappa shape index (κ1) is 58.8. The minimum absolute atomic E-state index is 0.829. The topological polar surface area (TPSA) is 27.7 Å². The molecule has 0 atom stereocenters. The molecule has 0 radical (unpaired) electrons. The Labute approximate surface area is 417 Å². The van der Waals surface area contributed by atoms with Crippen LogP contribution in [0.3, 0.4) is 0 Å². The Morgan fingerprint density at radius 3 is 0.866 bits per heavy atom. The number of unbranched alkanes of at least 4 members (excludes halogenated alkanes) is 30. The Bertz CT molecular complexity index is 1480. The first-order chi connectivity index (χ1) is 33.1. The molecule has 0 saturated heterocycles. The molecule has 0 heterocycles. The summed E-state index contributed by atoms with van der Waals surface area (Å²) in [5, 5.41) is 0. The monoisotopic (exact) mass is 941 g/mol. The summed E-state index contributed by atoms with van der Waals surface area (Å²) in [6, 6.07) is 23.0. The van der Waals surface area contributed by atoms with Crippen LogP contribution in [0, 0.1) is 0 Å². The van der Waals surface area contributed by atoms with Crippen LogP contribution in [0.4, 0.5) is 0 Å². The highest BCUT2D eigenvalue weighted by Gasteiger charge is 2.24. The van der Waals surface area contributed by atoms with E-state index in [0.717, 1.165) is 49.4 Å². The van der Waals surface area contributed by atoms with Gasteiger partial charge in [-0.05, 0) is 116 Å². The Hall–Kier alpha value is -2.51. The number of hydrogen-bond donors (Lipinski definition) is 0. The second-order valence-corrected chi connectivity index (χ2v) is 21.4. The van der Waals surface area contributed by atoms with Gasteiger partial charge >= 0.3 is 8.60 Å². The highest BCUT2D eigenvalue weighted by Crippen LogP contribution is 2.45. The number of aryl methyl sites for hydroxylation is 5. The number of rotatable bonds is 46. The van der Waals surface area contributed by atoms with Crippen LogP contribution in [0.5, 0.6) is 17.2 Å². The predicted molar refractivity (Wildman–Crippen MR) is 297 cm³/mol. The van der Waals surface area contributed by atoms with Crippen LogP contribution < -0.4 is 13.6 Å². The van der Waals surface area contributed by atoms with Gasteiger partial charge in [0.05, 0.1) is 0 Å². The van der Waals surface area contributed by atoms with Gasteiger partial charge in [-0.1, -0.05) is 264 Å². The van der Waals surface area contributed by atoms with Gasteiger partial charge < -0.3 is 13.6 Å². The van der Waals surface area contributed by atoms with Crippen molar-refractivity contribution in [3.8, 4) is 17.2 Å². The van der Waals surface area contributed by atoms with Crippen molar-refractivity contribution in [2.24, 2.45) is 0 Å². The standard InChI is InChI=1S/C63H105O3P/c1-6-11-16-21-26-31-36-41-56-48-52-61(53-49-56)64-67(65-62-54-57(42-37-32-27-22-17-12-7-2)46-50-59(62)44-39-34-29-24-19-14-9-4)66-63-55-58(43-38-33-28-23-18-13-8-3)47-51-60(63)45-40-35-30-25-20-15-10-5/h46-55H,6-45H2,1-5H3. The molecule has 0 aliphatic rings. The average Bonchev–Trinajstić information content (AvgIpc) is 3.34. The van der Waals surface area contributed by atoms with E-state index in [0.29, 0.717) is 0 Å². The lowest BCUT2D eigenvalue weighted by Gasteiger charge is -2.22. The first-order valence-corrected chi connectivity index (χ1v) is 30.4. The van der Waals surface area contributed by atoms with E-state index in [-0.39, 0.29) is 0 Å². The molecule has 0 aliphatic carbocycles. The maximum absolute atomic E-state index is 7.17. The van der Waals surface area contributed by atoms with Crippen LogP contribution >= 0.6 is 8.60 Å². The zero-order chi connectivity index (χ0) is 47.7. The van der Waals surface area contributed by atoms with Crippen molar-refractivity contribution in [1.29, 1.82) is 0 Å². The van der Waals surface area contributed by atoms with Crippen LogP contribution in [-0.4, -0.2) is 0 Å². The van der Waals surface area contributed by atoms with Gasteiger partial charge in [-0.3, -0.25) is 0 Å². The van der Waals surface area contributed by atoms with E-state index in [4.69, 9.17) is 13.6 Å².